The molecule has 2 aromatic carbocycles. The molecule has 4 rings (SSSR count). The second-order valence-electron chi connectivity index (χ2n) is 8.60. The van der Waals surface area contributed by atoms with Gasteiger partial charge in [-0.25, -0.2) is 4.79 Å². The highest BCUT2D eigenvalue weighted by atomic mass is 35.5. The Morgan fingerprint density at radius 3 is 2.45 bits per heavy atom. The number of carbonyl (C=O) groups excluding carboxylic acids is 2. The minimum absolute atomic E-state index is 0.0351. The second-order valence-corrected chi connectivity index (χ2v) is 9.01. The van der Waals surface area contributed by atoms with Crippen LogP contribution >= 0.6 is 11.6 Å². The van der Waals surface area contributed by atoms with Crippen molar-refractivity contribution in [2.24, 2.45) is 7.05 Å². The zero-order valence-electron chi connectivity index (χ0n) is 19.0. The predicted octanol–water partition coefficient (Wildman–Crippen LogP) is 5.21. The van der Waals surface area contributed by atoms with Crippen LogP contribution in [0.15, 0.2) is 66.9 Å². The number of aryl methyl sites for hydroxylation is 2. The van der Waals surface area contributed by atoms with Crippen LogP contribution in [-0.2, 0) is 24.9 Å². The van der Waals surface area contributed by atoms with Crippen molar-refractivity contribution in [2.75, 3.05) is 11.9 Å². The van der Waals surface area contributed by atoms with Crippen LogP contribution in [0.25, 0.3) is 0 Å². The number of nitrogens with one attached hydrogen (secondary N) is 1. The highest BCUT2D eigenvalue weighted by molar-refractivity contribution is 6.31. The van der Waals surface area contributed by atoms with E-state index in [0.29, 0.717) is 23.8 Å². The minimum atomic E-state index is -0.274. The Bertz CT molecular complexity index is 1120. The van der Waals surface area contributed by atoms with Crippen molar-refractivity contribution >= 4 is 29.2 Å². The Balaban J connectivity index is 1.49. The molecule has 33 heavy (non-hydrogen) atoms. The molecular weight excluding hydrogens is 436 g/mol. The highest BCUT2D eigenvalue weighted by Crippen LogP contribution is 2.28. The zero-order chi connectivity index (χ0) is 23.4. The Labute approximate surface area is 199 Å². The van der Waals surface area contributed by atoms with Crippen molar-refractivity contribution in [1.82, 2.24) is 14.4 Å². The number of aromatic nitrogens is 1. The van der Waals surface area contributed by atoms with Gasteiger partial charge in [-0.1, -0.05) is 48.0 Å². The van der Waals surface area contributed by atoms with E-state index in [9.17, 15) is 9.59 Å². The average Bonchev–Trinajstić information content (AvgIpc) is 3.56. The lowest BCUT2D eigenvalue weighted by molar-refractivity contribution is -0.133. The molecule has 0 spiro atoms. The van der Waals surface area contributed by atoms with Gasteiger partial charge in [0, 0.05) is 42.2 Å². The quantitative estimate of drug-likeness (QED) is 0.497. The van der Waals surface area contributed by atoms with Gasteiger partial charge in [-0.15, -0.1) is 0 Å². The summed E-state index contributed by atoms with van der Waals surface area (Å²) >= 11 is 6.21. The molecule has 1 aliphatic rings. The third-order valence-corrected chi connectivity index (χ3v) is 6.36. The minimum Gasteiger partial charge on any atom is -0.353 e. The summed E-state index contributed by atoms with van der Waals surface area (Å²) in [6.07, 6.45) is 3.79. The van der Waals surface area contributed by atoms with Gasteiger partial charge in [0.25, 0.3) is 0 Å². The summed E-state index contributed by atoms with van der Waals surface area (Å²) in [5, 5.41) is 3.50. The fraction of sp³-hybridized carbons (Fsp3) is 0.308. The maximum Gasteiger partial charge on any atom is 0.322 e. The Morgan fingerprint density at radius 1 is 1.06 bits per heavy atom. The molecule has 0 saturated heterocycles. The number of amides is 3. The highest BCUT2D eigenvalue weighted by Gasteiger charge is 2.35. The van der Waals surface area contributed by atoms with E-state index in [0.717, 1.165) is 29.7 Å². The first-order chi connectivity index (χ1) is 15.9. The normalized spacial score (nSPS) is 12.9. The number of carbonyl (C=O) groups is 2. The number of rotatable bonds is 8. The molecule has 0 atom stereocenters. The lowest BCUT2D eigenvalue weighted by Gasteiger charge is -2.28. The van der Waals surface area contributed by atoms with Crippen LogP contribution < -0.4 is 5.32 Å². The topological polar surface area (TPSA) is 57.6 Å². The summed E-state index contributed by atoms with van der Waals surface area (Å²) in [4.78, 5) is 30.0. The Hall–Kier alpha value is -3.25. The number of hydrogen-bond donors (Lipinski definition) is 1. The molecule has 1 saturated carbocycles. The number of benzene rings is 2. The van der Waals surface area contributed by atoms with E-state index in [1.165, 1.54) is 0 Å². The molecular formula is C26H29ClN4O2. The van der Waals surface area contributed by atoms with E-state index in [1.807, 2.05) is 84.2 Å². The summed E-state index contributed by atoms with van der Waals surface area (Å²) in [7, 11) is 1.97. The van der Waals surface area contributed by atoms with Crippen LogP contribution in [0.1, 0.15) is 29.7 Å². The molecule has 0 bridgehead atoms. The maximum atomic E-state index is 13.5. The third-order valence-electron chi connectivity index (χ3n) is 5.95. The first kappa shape index (κ1) is 22.9. The monoisotopic (exact) mass is 464 g/mol. The fourth-order valence-electron chi connectivity index (χ4n) is 3.76. The standard InChI is InChI=1S/C26H29ClN4O2/c1-19-10-11-21(15-24(19)27)28-26(33)31(22-12-13-22)18-25(32)30(16-20-7-4-3-5-8-20)17-23-9-6-14-29(23)2/h3-11,14-15,22H,12-13,16-18H2,1-2H3,(H,28,33). The molecule has 3 aromatic rings. The molecule has 1 N–H and O–H groups in total. The van der Waals surface area contributed by atoms with Gasteiger partial charge >= 0.3 is 6.03 Å². The van der Waals surface area contributed by atoms with E-state index < -0.39 is 0 Å². The van der Waals surface area contributed by atoms with Gasteiger partial charge < -0.3 is 19.7 Å². The maximum absolute atomic E-state index is 13.5. The molecule has 0 radical (unpaired) electrons. The van der Waals surface area contributed by atoms with Gasteiger partial charge in [-0.05, 0) is 55.2 Å². The average molecular weight is 465 g/mol. The Kier molecular flexibility index (Phi) is 7.04. The smallest absolute Gasteiger partial charge is 0.322 e. The predicted molar refractivity (Wildman–Crippen MR) is 131 cm³/mol. The van der Waals surface area contributed by atoms with Gasteiger partial charge in [-0.3, -0.25) is 4.79 Å². The van der Waals surface area contributed by atoms with Gasteiger partial charge in [-0.2, -0.15) is 0 Å². The van der Waals surface area contributed by atoms with Crippen LogP contribution in [0.4, 0.5) is 10.5 Å². The van der Waals surface area contributed by atoms with Crippen molar-refractivity contribution < 1.29 is 9.59 Å². The molecule has 172 valence electrons. The molecule has 3 amide bonds. The van der Waals surface area contributed by atoms with E-state index in [4.69, 9.17) is 11.6 Å². The van der Waals surface area contributed by atoms with E-state index >= 15 is 0 Å². The SMILES string of the molecule is Cc1ccc(NC(=O)N(CC(=O)N(Cc2ccccc2)Cc2cccn2C)C2CC2)cc1Cl. The fourth-order valence-corrected chi connectivity index (χ4v) is 3.94. The number of halogens is 1. The Morgan fingerprint density at radius 2 is 1.82 bits per heavy atom. The van der Waals surface area contributed by atoms with Crippen LogP contribution in [0, 0.1) is 6.92 Å². The van der Waals surface area contributed by atoms with Crippen molar-refractivity contribution in [3.8, 4) is 0 Å². The molecule has 1 aliphatic carbocycles. The lowest BCUT2D eigenvalue weighted by Crippen LogP contribution is -2.45. The van der Waals surface area contributed by atoms with Crippen molar-refractivity contribution in [3.05, 3.63) is 88.7 Å². The second kappa shape index (κ2) is 10.1. The molecule has 6 nitrogen and oxygen atoms in total. The van der Waals surface area contributed by atoms with Crippen LogP contribution in [-0.4, -0.2) is 38.9 Å². The van der Waals surface area contributed by atoms with Gasteiger partial charge in [0.05, 0.1) is 6.54 Å². The molecule has 1 aromatic heterocycles. The van der Waals surface area contributed by atoms with Crippen LogP contribution in [0.5, 0.6) is 0 Å². The summed E-state index contributed by atoms with van der Waals surface area (Å²) in [5.74, 6) is -0.0796. The third kappa shape index (κ3) is 5.96. The number of hydrogen-bond acceptors (Lipinski definition) is 2. The molecule has 1 heterocycles. The molecule has 7 heteroatoms. The van der Waals surface area contributed by atoms with Crippen molar-refractivity contribution in [3.63, 3.8) is 0 Å². The van der Waals surface area contributed by atoms with Gasteiger partial charge in [0.1, 0.15) is 6.54 Å². The lowest BCUT2D eigenvalue weighted by atomic mass is 10.2. The van der Waals surface area contributed by atoms with Crippen LogP contribution in [0.2, 0.25) is 5.02 Å². The number of urea groups is 1. The van der Waals surface area contributed by atoms with E-state index in [2.05, 4.69) is 5.32 Å². The van der Waals surface area contributed by atoms with Crippen LogP contribution in [0.3, 0.4) is 0 Å². The van der Waals surface area contributed by atoms with E-state index in [-0.39, 0.29) is 24.5 Å². The number of anilines is 1. The summed E-state index contributed by atoms with van der Waals surface area (Å²) in [6, 6.07) is 19.1. The molecule has 0 aliphatic heterocycles. The molecule has 1 fully saturated rings. The molecule has 0 unspecified atom stereocenters. The van der Waals surface area contributed by atoms with Gasteiger partial charge in [0.2, 0.25) is 5.91 Å². The van der Waals surface area contributed by atoms with E-state index in [1.54, 1.807) is 11.0 Å². The van der Waals surface area contributed by atoms with Crippen molar-refractivity contribution in [2.45, 2.75) is 38.9 Å². The first-order valence-corrected chi connectivity index (χ1v) is 11.5. The summed E-state index contributed by atoms with van der Waals surface area (Å²) in [5.41, 5.74) is 3.66. The number of nitrogens with zero attached hydrogens (tertiary/aromatic N) is 3. The summed E-state index contributed by atoms with van der Waals surface area (Å²) in [6.45, 7) is 2.91. The largest absolute Gasteiger partial charge is 0.353 e. The van der Waals surface area contributed by atoms with Crippen molar-refractivity contribution in [1.29, 1.82) is 0 Å². The summed E-state index contributed by atoms with van der Waals surface area (Å²) < 4.78 is 2.01. The zero-order valence-corrected chi connectivity index (χ0v) is 19.8. The van der Waals surface area contributed by atoms with Gasteiger partial charge in [0.15, 0.2) is 0 Å². The first-order valence-electron chi connectivity index (χ1n) is 11.2.